The second-order valence-electron chi connectivity index (χ2n) is 7.55. The van der Waals surface area contributed by atoms with E-state index in [2.05, 4.69) is 31.3 Å². The Morgan fingerprint density at radius 3 is 2.69 bits per heavy atom. The van der Waals surface area contributed by atoms with Gasteiger partial charge in [0.25, 0.3) is 0 Å². The first-order valence-corrected chi connectivity index (χ1v) is 10.2. The van der Waals surface area contributed by atoms with Gasteiger partial charge in [-0.05, 0) is 50.6 Å². The molecule has 1 N–H and O–H groups in total. The summed E-state index contributed by atoms with van der Waals surface area (Å²) in [4.78, 5) is 20.6. The van der Waals surface area contributed by atoms with Gasteiger partial charge in [-0.25, -0.2) is 0 Å². The molecule has 1 aliphatic heterocycles. The average Bonchev–Trinajstić information content (AvgIpc) is 3.14. The van der Waals surface area contributed by atoms with Crippen LogP contribution in [0.5, 0.6) is 0 Å². The highest BCUT2D eigenvalue weighted by Crippen LogP contribution is 2.26. The van der Waals surface area contributed by atoms with Gasteiger partial charge in [0.15, 0.2) is 11.4 Å². The zero-order valence-corrected chi connectivity index (χ0v) is 17.0. The van der Waals surface area contributed by atoms with Crippen molar-refractivity contribution in [3.05, 3.63) is 47.8 Å². The summed E-state index contributed by atoms with van der Waals surface area (Å²) >= 11 is 0. The highest BCUT2D eigenvalue weighted by molar-refractivity contribution is 5.89. The first kappa shape index (κ1) is 19.4. The van der Waals surface area contributed by atoms with Crippen LogP contribution >= 0.6 is 0 Å². The van der Waals surface area contributed by atoms with Crippen molar-refractivity contribution < 1.29 is 9.32 Å². The van der Waals surface area contributed by atoms with E-state index in [-0.39, 0.29) is 5.91 Å². The lowest BCUT2D eigenvalue weighted by Gasteiger charge is -2.34. The Bertz CT molecular complexity index is 992. The number of pyridine rings is 1. The van der Waals surface area contributed by atoms with Crippen LogP contribution in [0.1, 0.15) is 24.7 Å². The van der Waals surface area contributed by atoms with Gasteiger partial charge < -0.3 is 14.7 Å². The molecule has 7 nitrogen and oxygen atoms in total. The number of aromatic nitrogens is 2. The molecule has 0 radical (unpaired) electrons. The number of anilines is 2. The highest BCUT2D eigenvalue weighted by atomic mass is 16.5. The van der Waals surface area contributed by atoms with Crippen molar-refractivity contribution in [2.45, 2.75) is 26.7 Å². The van der Waals surface area contributed by atoms with Crippen molar-refractivity contribution in [1.29, 1.82) is 0 Å². The zero-order chi connectivity index (χ0) is 20.2. The van der Waals surface area contributed by atoms with E-state index < -0.39 is 0 Å². The summed E-state index contributed by atoms with van der Waals surface area (Å²) in [7, 11) is 0. The lowest BCUT2D eigenvalue weighted by molar-refractivity contribution is -0.114. The molecule has 1 saturated heterocycles. The summed E-state index contributed by atoms with van der Waals surface area (Å²) in [5.41, 5.74) is 3.57. The smallest absolute Gasteiger partial charge is 0.221 e. The third kappa shape index (κ3) is 4.56. The molecule has 0 aliphatic carbocycles. The Morgan fingerprint density at radius 1 is 1.14 bits per heavy atom. The number of para-hydroxylation sites is 1. The maximum Gasteiger partial charge on any atom is 0.221 e. The number of carbonyl (C=O) groups excluding carboxylic acids is 1. The summed E-state index contributed by atoms with van der Waals surface area (Å²) in [5.74, 6) is 0.889. The number of carbonyl (C=O) groups is 1. The summed E-state index contributed by atoms with van der Waals surface area (Å²) in [5, 5.41) is 8.17. The number of benzene rings is 1. The minimum absolute atomic E-state index is 0.0691. The van der Waals surface area contributed by atoms with Gasteiger partial charge in [-0.1, -0.05) is 17.3 Å². The number of piperazine rings is 1. The predicted octanol–water partition coefficient (Wildman–Crippen LogP) is 3.24. The number of fused-ring (bicyclic) bond motifs is 1. The zero-order valence-electron chi connectivity index (χ0n) is 17.0. The Hall–Kier alpha value is -2.93. The van der Waals surface area contributed by atoms with Crippen molar-refractivity contribution in [2.24, 2.45) is 0 Å². The normalized spacial score (nSPS) is 15.0. The van der Waals surface area contributed by atoms with Crippen LogP contribution in [0, 0.1) is 6.92 Å². The number of nitrogens with zero attached hydrogens (tertiary/aromatic N) is 4. The third-order valence-electron chi connectivity index (χ3n) is 5.39. The molecule has 1 aromatic carbocycles. The van der Waals surface area contributed by atoms with Gasteiger partial charge >= 0.3 is 0 Å². The maximum atomic E-state index is 11.2. The van der Waals surface area contributed by atoms with Gasteiger partial charge in [0, 0.05) is 38.8 Å². The van der Waals surface area contributed by atoms with Gasteiger partial charge in [0.2, 0.25) is 5.91 Å². The first-order chi connectivity index (χ1) is 14.1. The molecule has 0 unspecified atom stereocenters. The standard InChI is InChI=1S/C22H27N5O2/c1-16-20(24-17(2)28)10-9-18(23-16)6-5-11-26-12-14-27(15-13-26)22-19-7-3-4-8-21(19)29-25-22/h3-4,7-10H,5-6,11-15H2,1-2H3,(H,24,28). The van der Waals surface area contributed by atoms with Crippen LogP contribution in [0.15, 0.2) is 40.9 Å². The SMILES string of the molecule is CC(=O)Nc1ccc(CCCN2CCN(c3noc4ccccc34)CC2)nc1C. The fraction of sp³-hybridized carbons (Fsp3) is 0.409. The molecule has 0 bridgehead atoms. The number of amides is 1. The van der Waals surface area contributed by atoms with E-state index in [1.54, 1.807) is 0 Å². The molecule has 0 spiro atoms. The molecule has 1 fully saturated rings. The second kappa shape index (κ2) is 8.61. The van der Waals surface area contributed by atoms with E-state index in [1.807, 2.05) is 37.3 Å². The fourth-order valence-corrected chi connectivity index (χ4v) is 3.84. The lowest BCUT2D eigenvalue weighted by Crippen LogP contribution is -2.46. The van der Waals surface area contributed by atoms with Crippen molar-refractivity contribution in [1.82, 2.24) is 15.0 Å². The molecule has 3 heterocycles. The topological polar surface area (TPSA) is 74.5 Å². The predicted molar refractivity (Wildman–Crippen MR) is 114 cm³/mol. The summed E-state index contributed by atoms with van der Waals surface area (Å²) in [6.45, 7) is 8.46. The van der Waals surface area contributed by atoms with Crippen molar-refractivity contribution >= 4 is 28.4 Å². The summed E-state index contributed by atoms with van der Waals surface area (Å²) < 4.78 is 5.45. The molecule has 4 rings (SSSR count). The molecule has 0 saturated carbocycles. The Kier molecular flexibility index (Phi) is 5.76. The largest absolute Gasteiger partial charge is 0.354 e. The molecular weight excluding hydrogens is 366 g/mol. The van der Waals surface area contributed by atoms with Crippen LogP contribution in [-0.2, 0) is 11.2 Å². The van der Waals surface area contributed by atoms with E-state index in [0.29, 0.717) is 0 Å². The van der Waals surface area contributed by atoms with Crippen molar-refractivity contribution in [2.75, 3.05) is 42.9 Å². The fourth-order valence-electron chi connectivity index (χ4n) is 3.84. The minimum atomic E-state index is -0.0691. The molecule has 29 heavy (non-hydrogen) atoms. The monoisotopic (exact) mass is 393 g/mol. The first-order valence-electron chi connectivity index (χ1n) is 10.2. The van der Waals surface area contributed by atoms with E-state index in [1.165, 1.54) is 6.92 Å². The maximum absolute atomic E-state index is 11.2. The van der Waals surface area contributed by atoms with E-state index in [9.17, 15) is 4.79 Å². The Balaban J connectivity index is 1.25. The molecule has 1 amide bonds. The third-order valence-corrected chi connectivity index (χ3v) is 5.39. The summed E-state index contributed by atoms with van der Waals surface area (Å²) in [6.07, 6.45) is 2.01. The van der Waals surface area contributed by atoms with Crippen LogP contribution in [-0.4, -0.2) is 53.7 Å². The van der Waals surface area contributed by atoms with Crippen LogP contribution in [0.2, 0.25) is 0 Å². The van der Waals surface area contributed by atoms with Gasteiger partial charge in [-0.3, -0.25) is 14.7 Å². The van der Waals surface area contributed by atoms with Crippen LogP contribution in [0.4, 0.5) is 11.5 Å². The van der Waals surface area contributed by atoms with Gasteiger partial charge in [0.1, 0.15) is 0 Å². The van der Waals surface area contributed by atoms with E-state index in [4.69, 9.17) is 4.52 Å². The molecule has 2 aromatic heterocycles. The molecular formula is C22H27N5O2. The molecule has 1 aliphatic rings. The van der Waals surface area contributed by atoms with Gasteiger partial charge in [-0.15, -0.1) is 0 Å². The Labute approximate surface area is 170 Å². The highest BCUT2D eigenvalue weighted by Gasteiger charge is 2.21. The van der Waals surface area contributed by atoms with Crippen LogP contribution in [0.25, 0.3) is 11.0 Å². The van der Waals surface area contributed by atoms with Gasteiger partial charge in [0.05, 0.1) is 16.8 Å². The molecule has 7 heteroatoms. The number of hydrogen-bond acceptors (Lipinski definition) is 6. The van der Waals surface area contributed by atoms with Crippen molar-refractivity contribution in [3.63, 3.8) is 0 Å². The minimum Gasteiger partial charge on any atom is -0.354 e. The quantitative estimate of drug-likeness (QED) is 0.693. The summed E-state index contributed by atoms with van der Waals surface area (Å²) in [6, 6.07) is 12.0. The number of nitrogens with one attached hydrogen (secondary N) is 1. The molecule has 152 valence electrons. The number of aryl methyl sites for hydroxylation is 2. The number of rotatable bonds is 6. The lowest BCUT2D eigenvalue weighted by atomic mass is 10.1. The number of hydrogen-bond donors (Lipinski definition) is 1. The van der Waals surface area contributed by atoms with E-state index >= 15 is 0 Å². The van der Waals surface area contributed by atoms with Gasteiger partial charge in [-0.2, -0.15) is 0 Å². The van der Waals surface area contributed by atoms with Crippen molar-refractivity contribution in [3.8, 4) is 0 Å². The van der Waals surface area contributed by atoms with Crippen LogP contribution < -0.4 is 10.2 Å². The van der Waals surface area contributed by atoms with Crippen LogP contribution in [0.3, 0.4) is 0 Å². The second-order valence-corrected chi connectivity index (χ2v) is 7.55. The van der Waals surface area contributed by atoms with E-state index in [0.717, 1.165) is 79.4 Å². The molecule has 3 aromatic rings. The Morgan fingerprint density at radius 2 is 1.93 bits per heavy atom. The molecule has 0 atom stereocenters. The average molecular weight is 393 g/mol.